The third kappa shape index (κ3) is 4.49. The second-order valence-electron chi connectivity index (χ2n) is 7.84. The number of rotatable bonds is 6. The zero-order valence-corrected chi connectivity index (χ0v) is 16.2. The summed E-state index contributed by atoms with van der Waals surface area (Å²) in [6.07, 6.45) is 10.0. The van der Waals surface area contributed by atoms with E-state index in [4.69, 9.17) is 9.15 Å². The standard InChI is InChI=1S/C22H28N2O4/c25-21(24-15-6-2-1-3-7-15)13-23-22(26)14-27-16-10-11-20-18(12-16)17-8-4-5-9-19(17)28-20/h10-12,15H,1-9,13-14H2,(H,23,26)(H,24,25). The van der Waals surface area contributed by atoms with Crippen LogP contribution in [-0.4, -0.2) is 31.0 Å². The molecule has 4 rings (SSSR count). The number of fused-ring (bicyclic) bond motifs is 3. The predicted octanol–water partition coefficient (Wildman–Crippen LogP) is 3.26. The average Bonchev–Trinajstić information content (AvgIpc) is 3.09. The normalized spacial score (nSPS) is 17.1. The van der Waals surface area contributed by atoms with Crippen molar-refractivity contribution in [1.82, 2.24) is 10.6 Å². The minimum absolute atomic E-state index is 0.00698. The largest absolute Gasteiger partial charge is 0.484 e. The second-order valence-corrected chi connectivity index (χ2v) is 7.84. The first kappa shape index (κ1) is 18.8. The van der Waals surface area contributed by atoms with Crippen molar-refractivity contribution < 1.29 is 18.7 Å². The van der Waals surface area contributed by atoms with Gasteiger partial charge in [-0.15, -0.1) is 0 Å². The van der Waals surface area contributed by atoms with E-state index in [0.717, 1.165) is 55.3 Å². The van der Waals surface area contributed by atoms with Gasteiger partial charge in [-0.1, -0.05) is 19.3 Å². The van der Waals surface area contributed by atoms with Gasteiger partial charge in [-0.25, -0.2) is 0 Å². The molecule has 150 valence electrons. The second kappa shape index (κ2) is 8.67. The molecule has 2 aliphatic carbocycles. The first-order valence-corrected chi connectivity index (χ1v) is 10.4. The Balaban J connectivity index is 1.25. The lowest BCUT2D eigenvalue weighted by molar-refractivity contribution is -0.127. The Morgan fingerprint density at radius 3 is 2.71 bits per heavy atom. The minimum atomic E-state index is -0.298. The van der Waals surface area contributed by atoms with Crippen LogP contribution in [0.15, 0.2) is 22.6 Å². The van der Waals surface area contributed by atoms with E-state index in [2.05, 4.69) is 10.6 Å². The molecule has 2 amide bonds. The SMILES string of the molecule is O=C(COc1ccc2oc3c(c2c1)CCCC3)NCC(=O)NC1CCCCC1. The maximum Gasteiger partial charge on any atom is 0.258 e. The summed E-state index contributed by atoms with van der Waals surface area (Å²) in [6.45, 7) is -0.116. The molecule has 0 atom stereocenters. The molecule has 2 aliphatic rings. The summed E-state index contributed by atoms with van der Waals surface area (Å²) in [5.41, 5.74) is 2.15. The molecular weight excluding hydrogens is 356 g/mol. The highest BCUT2D eigenvalue weighted by Crippen LogP contribution is 2.33. The van der Waals surface area contributed by atoms with Crippen LogP contribution in [0.25, 0.3) is 11.0 Å². The third-order valence-electron chi connectivity index (χ3n) is 5.71. The smallest absolute Gasteiger partial charge is 0.258 e. The number of benzene rings is 1. The summed E-state index contributed by atoms with van der Waals surface area (Å²) in [5.74, 6) is 1.29. The molecule has 1 fully saturated rings. The fourth-order valence-corrected chi connectivity index (χ4v) is 4.24. The molecule has 0 saturated heterocycles. The van der Waals surface area contributed by atoms with E-state index < -0.39 is 0 Å². The Labute approximate surface area is 165 Å². The van der Waals surface area contributed by atoms with E-state index in [1.54, 1.807) is 0 Å². The molecule has 0 unspecified atom stereocenters. The van der Waals surface area contributed by atoms with Gasteiger partial charge in [0.1, 0.15) is 17.1 Å². The summed E-state index contributed by atoms with van der Waals surface area (Å²) in [4.78, 5) is 24.0. The van der Waals surface area contributed by atoms with E-state index in [-0.39, 0.29) is 31.0 Å². The Kier molecular flexibility index (Phi) is 5.84. The molecule has 1 aromatic heterocycles. The van der Waals surface area contributed by atoms with Crippen LogP contribution in [0.2, 0.25) is 0 Å². The number of ether oxygens (including phenoxy) is 1. The van der Waals surface area contributed by atoms with E-state index in [0.29, 0.717) is 5.75 Å². The highest BCUT2D eigenvalue weighted by atomic mass is 16.5. The van der Waals surface area contributed by atoms with Crippen molar-refractivity contribution in [2.24, 2.45) is 0 Å². The molecule has 1 aromatic carbocycles. The molecule has 0 bridgehead atoms. The lowest BCUT2D eigenvalue weighted by Gasteiger charge is -2.22. The molecule has 28 heavy (non-hydrogen) atoms. The van der Waals surface area contributed by atoms with Crippen LogP contribution < -0.4 is 15.4 Å². The summed E-state index contributed by atoms with van der Waals surface area (Å²) in [6, 6.07) is 5.92. The monoisotopic (exact) mass is 384 g/mol. The first-order valence-electron chi connectivity index (χ1n) is 10.4. The molecule has 1 saturated carbocycles. The van der Waals surface area contributed by atoms with E-state index in [9.17, 15) is 9.59 Å². The number of aryl methyl sites for hydroxylation is 2. The quantitative estimate of drug-likeness (QED) is 0.801. The van der Waals surface area contributed by atoms with Gasteiger partial charge in [0.2, 0.25) is 5.91 Å². The van der Waals surface area contributed by atoms with Gasteiger partial charge in [-0.05, 0) is 50.3 Å². The highest BCUT2D eigenvalue weighted by Gasteiger charge is 2.19. The maximum atomic E-state index is 12.0. The Bertz CT molecular complexity index is 852. The Morgan fingerprint density at radius 1 is 1.04 bits per heavy atom. The van der Waals surface area contributed by atoms with Crippen molar-refractivity contribution in [3.05, 3.63) is 29.5 Å². The maximum absolute atomic E-state index is 12.0. The van der Waals surface area contributed by atoms with Gasteiger partial charge in [0.25, 0.3) is 5.91 Å². The molecule has 0 radical (unpaired) electrons. The van der Waals surface area contributed by atoms with Crippen LogP contribution in [0.4, 0.5) is 0 Å². The van der Waals surface area contributed by atoms with E-state index in [1.165, 1.54) is 24.8 Å². The van der Waals surface area contributed by atoms with Gasteiger partial charge < -0.3 is 19.8 Å². The fourth-order valence-electron chi connectivity index (χ4n) is 4.24. The lowest BCUT2D eigenvalue weighted by Crippen LogP contribution is -2.43. The van der Waals surface area contributed by atoms with Gasteiger partial charge in [-0.2, -0.15) is 0 Å². The zero-order chi connectivity index (χ0) is 19.3. The number of hydrogen-bond donors (Lipinski definition) is 2. The van der Waals surface area contributed by atoms with Crippen LogP contribution in [0.5, 0.6) is 5.75 Å². The van der Waals surface area contributed by atoms with Crippen molar-refractivity contribution in [2.75, 3.05) is 13.2 Å². The van der Waals surface area contributed by atoms with Gasteiger partial charge in [0, 0.05) is 23.4 Å². The van der Waals surface area contributed by atoms with Crippen molar-refractivity contribution in [1.29, 1.82) is 0 Å². The molecule has 2 N–H and O–H groups in total. The number of nitrogens with one attached hydrogen (secondary N) is 2. The summed E-state index contributed by atoms with van der Waals surface area (Å²) in [5, 5.41) is 6.70. The van der Waals surface area contributed by atoms with Crippen molar-refractivity contribution >= 4 is 22.8 Å². The van der Waals surface area contributed by atoms with Crippen molar-refractivity contribution in [3.8, 4) is 5.75 Å². The number of carbonyl (C=O) groups excluding carboxylic acids is 2. The number of furan rings is 1. The topological polar surface area (TPSA) is 80.6 Å². The lowest BCUT2D eigenvalue weighted by atomic mass is 9.95. The molecule has 0 aliphatic heterocycles. The van der Waals surface area contributed by atoms with Crippen LogP contribution in [0.1, 0.15) is 56.3 Å². The fraction of sp³-hybridized carbons (Fsp3) is 0.545. The van der Waals surface area contributed by atoms with E-state index >= 15 is 0 Å². The van der Waals surface area contributed by atoms with Gasteiger partial charge in [-0.3, -0.25) is 9.59 Å². The molecule has 1 heterocycles. The average molecular weight is 384 g/mol. The van der Waals surface area contributed by atoms with E-state index in [1.807, 2.05) is 18.2 Å². The van der Waals surface area contributed by atoms with Crippen LogP contribution >= 0.6 is 0 Å². The molecule has 6 heteroatoms. The Morgan fingerprint density at radius 2 is 1.86 bits per heavy atom. The van der Waals surface area contributed by atoms with Crippen LogP contribution in [0.3, 0.4) is 0 Å². The minimum Gasteiger partial charge on any atom is -0.484 e. The Hall–Kier alpha value is -2.50. The number of carbonyl (C=O) groups is 2. The summed E-state index contributed by atoms with van der Waals surface area (Å²) >= 11 is 0. The van der Waals surface area contributed by atoms with Crippen LogP contribution in [-0.2, 0) is 22.4 Å². The molecule has 6 nitrogen and oxygen atoms in total. The zero-order valence-electron chi connectivity index (χ0n) is 16.2. The highest BCUT2D eigenvalue weighted by molar-refractivity contribution is 5.86. The van der Waals surface area contributed by atoms with Gasteiger partial charge >= 0.3 is 0 Å². The summed E-state index contributed by atoms with van der Waals surface area (Å²) in [7, 11) is 0. The van der Waals surface area contributed by atoms with Crippen molar-refractivity contribution in [2.45, 2.75) is 63.8 Å². The number of hydrogen-bond acceptors (Lipinski definition) is 4. The summed E-state index contributed by atoms with van der Waals surface area (Å²) < 4.78 is 11.6. The predicted molar refractivity (Wildman–Crippen MR) is 106 cm³/mol. The van der Waals surface area contributed by atoms with Gasteiger partial charge in [0.05, 0.1) is 6.54 Å². The van der Waals surface area contributed by atoms with Crippen LogP contribution in [0, 0.1) is 0 Å². The molecule has 2 aromatic rings. The molecule has 0 spiro atoms. The first-order chi connectivity index (χ1) is 13.7. The van der Waals surface area contributed by atoms with Crippen molar-refractivity contribution in [3.63, 3.8) is 0 Å². The number of amides is 2. The van der Waals surface area contributed by atoms with Gasteiger partial charge in [0.15, 0.2) is 6.61 Å². The third-order valence-corrected chi connectivity index (χ3v) is 5.71. The molecular formula is C22H28N2O4.